The van der Waals surface area contributed by atoms with Crippen LogP contribution >= 0.6 is 0 Å². The summed E-state index contributed by atoms with van der Waals surface area (Å²) < 4.78 is 24.6. The van der Waals surface area contributed by atoms with Crippen LogP contribution in [0.2, 0.25) is 0 Å². The van der Waals surface area contributed by atoms with E-state index in [0.717, 1.165) is 19.1 Å². The van der Waals surface area contributed by atoms with Crippen molar-refractivity contribution in [3.63, 3.8) is 0 Å². The molecule has 0 saturated heterocycles. The highest BCUT2D eigenvalue weighted by Gasteiger charge is 2.31. The maximum Gasteiger partial charge on any atom is 0.224 e. The van der Waals surface area contributed by atoms with Crippen molar-refractivity contribution in [1.82, 2.24) is 9.62 Å². The molecule has 0 aromatic heterocycles. The molecule has 0 aromatic carbocycles. The van der Waals surface area contributed by atoms with Gasteiger partial charge in [-0.15, -0.1) is 13.2 Å². The molecule has 0 saturated carbocycles. The van der Waals surface area contributed by atoms with Crippen LogP contribution < -0.4 is 4.72 Å². The van der Waals surface area contributed by atoms with Crippen molar-refractivity contribution in [3.05, 3.63) is 37.0 Å². The third-order valence-electron chi connectivity index (χ3n) is 3.62. The number of rotatable bonds is 8. The number of nitrogens with one attached hydrogen (secondary N) is 1. The van der Waals surface area contributed by atoms with Crippen LogP contribution in [0.3, 0.4) is 0 Å². The van der Waals surface area contributed by atoms with Crippen LogP contribution in [-0.2, 0) is 14.8 Å². The average molecular weight is 326 g/mol. The van der Waals surface area contributed by atoms with Crippen molar-refractivity contribution in [1.29, 1.82) is 0 Å². The van der Waals surface area contributed by atoms with Crippen molar-refractivity contribution in [2.45, 2.75) is 44.7 Å². The lowest BCUT2D eigenvalue weighted by molar-refractivity contribution is -0.135. The maximum absolute atomic E-state index is 12.6. The van der Waals surface area contributed by atoms with E-state index in [2.05, 4.69) is 30.9 Å². The zero-order valence-electron chi connectivity index (χ0n) is 13.4. The van der Waals surface area contributed by atoms with Crippen LogP contribution in [-0.4, -0.2) is 44.1 Å². The van der Waals surface area contributed by atoms with Crippen molar-refractivity contribution in [3.8, 4) is 0 Å². The van der Waals surface area contributed by atoms with Crippen LogP contribution in [0.1, 0.15) is 32.6 Å². The Morgan fingerprint density at radius 2 is 2.05 bits per heavy atom. The van der Waals surface area contributed by atoms with Crippen LogP contribution in [0.25, 0.3) is 0 Å². The lowest BCUT2D eigenvalue weighted by Crippen LogP contribution is -2.49. The zero-order valence-corrected chi connectivity index (χ0v) is 14.2. The summed E-state index contributed by atoms with van der Waals surface area (Å²) in [5, 5.41) is 0. The Morgan fingerprint density at radius 3 is 2.59 bits per heavy atom. The summed E-state index contributed by atoms with van der Waals surface area (Å²) in [5.74, 6) is -0.0430. The number of carbonyl (C=O) groups is 1. The van der Waals surface area contributed by atoms with Crippen molar-refractivity contribution >= 4 is 15.9 Å². The summed E-state index contributed by atoms with van der Waals surface area (Å²) in [5.41, 5.74) is 1.26. The predicted molar refractivity (Wildman–Crippen MR) is 89.9 cm³/mol. The van der Waals surface area contributed by atoms with E-state index in [1.807, 2.05) is 11.0 Å². The second kappa shape index (κ2) is 8.29. The summed E-state index contributed by atoms with van der Waals surface area (Å²) in [6, 6.07) is 0.0696. The van der Waals surface area contributed by atoms with Gasteiger partial charge < -0.3 is 4.90 Å². The zero-order chi connectivity index (χ0) is 16.8. The highest BCUT2D eigenvalue weighted by molar-refractivity contribution is 7.88. The number of nitrogens with zero attached hydrogens (tertiary/aromatic N) is 1. The smallest absolute Gasteiger partial charge is 0.224 e. The summed E-state index contributed by atoms with van der Waals surface area (Å²) in [4.78, 5) is 14.4. The monoisotopic (exact) mass is 326 g/mol. The molecule has 1 N–H and O–H groups in total. The minimum absolute atomic E-state index is 0.0121. The van der Waals surface area contributed by atoms with Gasteiger partial charge in [0.25, 0.3) is 0 Å². The molecule has 5 nitrogen and oxygen atoms in total. The van der Waals surface area contributed by atoms with Crippen molar-refractivity contribution < 1.29 is 13.2 Å². The molecule has 0 unspecified atom stereocenters. The van der Waals surface area contributed by atoms with Crippen molar-refractivity contribution in [2.24, 2.45) is 0 Å². The number of hydrogen-bond donors (Lipinski definition) is 1. The average Bonchev–Trinajstić information content (AvgIpc) is 2.37. The molecule has 1 amide bonds. The summed E-state index contributed by atoms with van der Waals surface area (Å²) in [7, 11) is -3.27. The largest absolute Gasteiger partial charge is 0.332 e. The predicted octanol–water partition coefficient (Wildman–Crippen LogP) is 1.99. The highest BCUT2D eigenvalue weighted by Crippen LogP contribution is 2.27. The van der Waals surface area contributed by atoms with Gasteiger partial charge in [0.15, 0.2) is 0 Å². The number of carbonyl (C=O) groups excluding carboxylic acids is 1. The Bertz CT molecular complexity index is 552. The fourth-order valence-corrected chi connectivity index (χ4v) is 3.29. The second-order valence-electron chi connectivity index (χ2n) is 5.70. The minimum Gasteiger partial charge on any atom is -0.332 e. The minimum atomic E-state index is -3.27. The van der Waals surface area contributed by atoms with E-state index in [1.54, 1.807) is 6.08 Å². The molecule has 1 aliphatic heterocycles. The third-order valence-corrected chi connectivity index (χ3v) is 4.35. The molecule has 0 aliphatic carbocycles. The first-order valence-electron chi connectivity index (χ1n) is 7.43. The lowest BCUT2D eigenvalue weighted by Gasteiger charge is -2.40. The van der Waals surface area contributed by atoms with Gasteiger partial charge in [0, 0.05) is 19.0 Å². The first-order valence-corrected chi connectivity index (χ1v) is 9.32. The normalized spacial score (nSPS) is 22.1. The molecular weight excluding hydrogens is 300 g/mol. The Hall–Kier alpha value is -1.40. The fraction of sp³-hybridized carbons (Fsp3) is 0.562. The Labute approximate surface area is 133 Å². The first kappa shape index (κ1) is 18.6. The van der Waals surface area contributed by atoms with E-state index in [1.165, 1.54) is 5.57 Å². The van der Waals surface area contributed by atoms with Gasteiger partial charge in [-0.25, -0.2) is 13.1 Å². The van der Waals surface area contributed by atoms with E-state index in [-0.39, 0.29) is 31.0 Å². The molecule has 0 fully saturated rings. The van der Waals surface area contributed by atoms with Crippen LogP contribution in [0.4, 0.5) is 0 Å². The van der Waals surface area contributed by atoms with Gasteiger partial charge in [-0.1, -0.05) is 23.8 Å². The van der Waals surface area contributed by atoms with Gasteiger partial charge in [-0.05, 0) is 26.2 Å². The van der Waals surface area contributed by atoms with Gasteiger partial charge in [0.2, 0.25) is 15.9 Å². The van der Waals surface area contributed by atoms with Crippen molar-refractivity contribution in [2.75, 3.05) is 12.8 Å². The Morgan fingerprint density at radius 1 is 1.41 bits per heavy atom. The Balaban J connectivity index is 2.84. The molecule has 22 heavy (non-hydrogen) atoms. The number of sulfonamides is 1. The topological polar surface area (TPSA) is 66.5 Å². The highest BCUT2D eigenvalue weighted by atomic mass is 32.2. The molecule has 2 atom stereocenters. The summed E-state index contributed by atoms with van der Waals surface area (Å²) in [6.45, 7) is 9.72. The van der Waals surface area contributed by atoms with E-state index >= 15 is 0 Å². The van der Waals surface area contributed by atoms with Crippen LogP contribution in [0, 0.1) is 0 Å². The SMILES string of the molecule is C=CC[C@@H]1CC(C)=C[C@@H](CC=C)N1C(=O)CCNS(C)(=O)=O. The second-order valence-corrected chi connectivity index (χ2v) is 7.54. The molecule has 1 aliphatic rings. The van der Waals surface area contributed by atoms with E-state index in [4.69, 9.17) is 0 Å². The van der Waals surface area contributed by atoms with Gasteiger partial charge >= 0.3 is 0 Å². The lowest BCUT2D eigenvalue weighted by atomic mass is 9.92. The maximum atomic E-state index is 12.6. The first-order chi connectivity index (χ1) is 10.3. The fourth-order valence-electron chi connectivity index (χ4n) is 2.82. The van der Waals surface area contributed by atoms with Gasteiger partial charge in [-0.2, -0.15) is 0 Å². The van der Waals surface area contributed by atoms with Gasteiger partial charge in [0.05, 0.1) is 12.3 Å². The van der Waals surface area contributed by atoms with Gasteiger partial charge in [0.1, 0.15) is 0 Å². The van der Waals surface area contributed by atoms with E-state index in [0.29, 0.717) is 6.42 Å². The summed E-state index contributed by atoms with van der Waals surface area (Å²) in [6.07, 6.45) is 9.21. The molecule has 1 rings (SSSR count). The molecule has 0 bridgehead atoms. The molecule has 6 heteroatoms. The number of hydrogen-bond acceptors (Lipinski definition) is 3. The molecule has 1 heterocycles. The molecule has 0 spiro atoms. The molecular formula is C16H26N2O3S. The van der Waals surface area contributed by atoms with Crippen LogP contribution in [0.5, 0.6) is 0 Å². The quantitative estimate of drug-likeness (QED) is 0.694. The standard InChI is InChI=1S/C16H26N2O3S/c1-5-7-14-11-13(3)12-15(8-6-2)18(14)16(19)9-10-17-22(4,20)21/h5-6,11,14-15,17H,1-2,7-10,12H2,3-4H3/t14-,15-/m1/s1. The van der Waals surface area contributed by atoms with Crippen LogP contribution in [0.15, 0.2) is 37.0 Å². The Kier molecular flexibility index (Phi) is 7.03. The summed E-state index contributed by atoms with van der Waals surface area (Å²) >= 11 is 0. The molecule has 0 radical (unpaired) electrons. The molecule has 0 aromatic rings. The van der Waals surface area contributed by atoms with E-state index < -0.39 is 10.0 Å². The van der Waals surface area contributed by atoms with Gasteiger partial charge in [-0.3, -0.25) is 4.79 Å². The molecule has 124 valence electrons. The number of amides is 1. The third kappa shape index (κ3) is 5.77. The van der Waals surface area contributed by atoms with E-state index in [9.17, 15) is 13.2 Å².